The number of anilines is 1. The number of carbonyl (C=O) groups excluding carboxylic acids is 2. The number of carbonyl (C=O) groups is 2. The van der Waals surface area contributed by atoms with Gasteiger partial charge in [-0.05, 0) is 30.3 Å². The van der Waals surface area contributed by atoms with E-state index < -0.39 is 11.9 Å². The highest BCUT2D eigenvalue weighted by Gasteiger charge is 2.16. The molecule has 0 aliphatic carbocycles. The quantitative estimate of drug-likeness (QED) is 0.717. The number of aryl methyl sites for hydroxylation is 1. The van der Waals surface area contributed by atoms with Gasteiger partial charge in [-0.1, -0.05) is 35.3 Å². The molecule has 0 bridgehead atoms. The molecule has 0 aliphatic heterocycles. The van der Waals surface area contributed by atoms with Gasteiger partial charge in [0.1, 0.15) is 0 Å². The minimum Gasteiger partial charge on any atom is -0.350 e. The van der Waals surface area contributed by atoms with Gasteiger partial charge in [-0.15, -0.1) is 0 Å². The van der Waals surface area contributed by atoms with Gasteiger partial charge in [0.25, 0.3) is 5.91 Å². The summed E-state index contributed by atoms with van der Waals surface area (Å²) in [7, 11) is 1.82. The first-order valence-corrected chi connectivity index (χ1v) is 7.74. The van der Waals surface area contributed by atoms with E-state index in [4.69, 9.17) is 23.2 Å². The van der Waals surface area contributed by atoms with Gasteiger partial charge < -0.3 is 9.88 Å². The van der Waals surface area contributed by atoms with Gasteiger partial charge in [-0.25, -0.2) is 4.79 Å². The van der Waals surface area contributed by atoms with Crippen LogP contribution in [0.5, 0.6) is 0 Å². The first-order valence-electron chi connectivity index (χ1n) is 6.98. The second-order valence-corrected chi connectivity index (χ2v) is 5.95. The molecule has 0 spiro atoms. The summed E-state index contributed by atoms with van der Waals surface area (Å²) >= 11 is 11.7. The van der Waals surface area contributed by atoms with Gasteiger partial charge in [0.15, 0.2) is 0 Å². The number of nitrogens with one attached hydrogen (secondary N) is 2. The first kappa shape index (κ1) is 16.4. The van der Waals surface area contributed by atoms with Crippen molar-refractivity contribution in [3.63, 3.8) is 0 Å². The number of hydrogen-bond acceptors (Lipinski definition) is 2. The predicted molar refractivity (Wildman–Crippen MR) is 94.7 cm³/mol. The number of urea groups is 1. The molecule has 7 heteroatoms. The number of nitrogens with zero attached hydrogens (tertiary/aromatic N) is 1. The Morgan fingerprint density at radius 3 is 2.71 bits per heavy atom. The van der Waals surface area contributed by atoms with Crippen LogP contribution in [-0.4, -0.2) is 16.5 Å². The molecule has 1 aromatic heterocycles. The van der Waals surface area contributed by atoms with E-state index in [0.717, 1.165) is 10.9 Å². The molecule has 0 saturated heterocycles. The van der Waals surface area contributed by atoms with Gasteiger partial charge in [0, 0.05) is 29.8 Å². The highest BCUT2D eigenvalue weighted by molar-refractivity contribution is 6.42. The maximum atomic E-state index is 12.4. The summed E-state index contributed by atoms with van der Waals surface area (Å²) in [6, 6.07) is 12.2. The van der Waals surface area contributed by atoms with Crippen molar-refractivity contribution in [1.82, 2.24) is 9.88 Å². The zero-order valence-corrected chi connectivity index (χ0v) is 14.1. The third-order valence-electron chi connectivity index (χ3n) is 3.48. The van der Waals surface area contributed by atoms with Gasteiger partial charge in [-0.2, -0.15) is 0 Å². The second-order valence-electron chi connectivity index (χ2n) is 5.13. The largest absolute Gasteiger partial charge is 0.350 e. The van der Waals surface area contributed by atoms with Crippen LogP contribution in [0.3, 0.4) is 0 Å². The maximum Gasteiger partial charge on any atom is 0.326 e. The molecule has 0 aliphatic rings. The van der Waals surface area contributed by atoms with Crippen LogP contribution in [0, 0.1) is 6.07 Å². The Balaban J connectivity index is 1.76. The van der Waals surface area contributed by atoms with Crippen LogP contribution < -0.4 is 10.6 Å². The van der Waals surface area contributed by atoms with Crippen molar-refractivity contribution < 1.29 is 9.59 Å². The van der Waals surface area contributed by atoms with E-state index in [2.05, 4.69) is 16.7 Å². The van der Waals surface area contributed by atoms with Crippen molar-refractivity contribution in [2.45, 2.75) is 0 Å². The molecule has 121 valence electrons. The molecule has 5 nitrogen and oxygen atoms in total. The smallest absolute Gasteiger partial charge is 0.326 e. The molecule has 1 radical (unpaired) electrons. The minimum atomic E-state index is -0.655. The fourth-order valence-electron chi connectivity index (χ4n) is 2.36. The van der Waals surface area contributed by atoms with Crippen molar-refractivity contribution in [2.24, 2.45) is 7.05 Å². The summed E-state index contributed by atoms with van der Waals surface area (Å²) < 4.78 is 1.80. The number of rotatable bonds is 2. The Morgan fingerprint density at radius 2 is 1.96 bits per heavy atom. The summed E-state index contributed by atoms with van der Waals surface area (Å²) in [5, 5.41) is 6.27. The molecule has 1 heterocycles. The monoisotopic (exact) mass is 360 g/mol. The number of amides is 3. The predicted octanol–water partition coefficient (Wildman–Crippen LogP) is 4.25. The van der Waals surface area contributed by atoms with Crippen molar-refractivity contribution in [1.29, 1.82) is 0 Å². The topological polar surface area (TPSA) is 63.1 Å². The number of fused-ring (bicyclic) bond motifs is 1. The Kier molecular flexibility index (Phi) is 4.46. The normalized spacial score (nSPS) is 10.6. The van der Waals surface area contributed by atoms with Crippen LogP contribution in [0.15, 0.2) is 42.6 Å². The summed E-state index contributed by atoms with van der Waals surface area (Å²) in [4.78, 5) is 24.4. The molecule has 2 aromatic carbocycles. The lowest BCUT2D eigenvalue weighted by atomic mass is 10.1. The van der Waals surface area contributed by atoms with Crippen molar-refractivity contribution >= 4 is 51.7 Å². The number of aromatic nitrogens is 1. The molecular weight excluding hydrogens is 349 g/mol. The molecular formula is C17H12Cl2N3O2. The van der Waals surface area contributed by atoms with E-state index in [1.54, 1.807) is 41.1 Å². The Bertz CT molecular complexity index is 950. The summed E-state index contributed by atoms with van der Waals surface area (Å²) in [6.07, 6.45) is 1.67. The third-order valence-corrected chi connectivity index (χ3v) is 4.22. The zero-order chi connectivity index (χ0) is 17.3. The van der Waals surface area contributed by atoms with E-state index in [1.807, 2.05) is 7.05 Å². The zero-order valence-electron chi connectivity index (χ0n) is 12.6. The van der Waals surface area contributed by atoms with E-state index in [-0.39, 0.29) is 0 Å². The lowest BCUT2D eigenvalue weighted by Gasteiger charge is -2.07. The average molecular weight is 361 g/mol. The van der Waals surface area contributed by atoms with Gasteiger partial charge >= 0.3 is 6.03 Å². The Hall–Kier alpha value is -2.50. The van der Waals surface area contributed by atoms with E-state index in [0.29, 0.717) is 21.3 Å². The van der Waals surface area contributed by atoms with Gasteiger partial charge in [0.05, 0.1) is 15.6 Å². The van der Waals surface area contributed by atoms with Crippen molar-refractivity contribution in [3.8, 4) is 0 Å². The lowest BCUT2D eigenvalue weighted by Crippen LogP contribution is -2.34. The van der Waals surface area contributed by atoms with Crippen LogP contribution in [0.2, 0.25) is 10.0 Å². The molecule has 2 N–H and O–H groups in total. The molecule has 0 atom stereocenters. The third kappa shape index (κ3) is 3.22. The molecule has 24 heavy (non-hydrogen) atoms. The Morgan fingerprint density at radius 1 is 1.17 bits per heavy atom. The molecule has 0 fully saturated rings. The fraction of sp³-hybridized carbons (Fsp3) is 0.0588. The molecule has 3 amide bonds. The van der Waals surface area contributed by atoms with Crippen LogP contribution >= 0.6 is 23.2 Å². The molecule has 0 unspecified atom stereocenters. The van der Waals surface area contributed by atoms with Crippen LogP contribution in [0.4, 0.5) is 10.5 Å². The second kappa shape index (κ2) is 6.55. The SMILES string of the molecule is Cn1cc(C(=O)NC(=O)Nc2ccc(Cl)c(Cl)c2)c2cc[c]cc21. The highest BCUT2D eigenvalue weighted by Crippen LogP contribution is 2.25. The highest BCUT2D eigenvalue weighted by atomic mass is 35.5. The molecule has 3 aromatic rings. The van der Waals surface area contributed by atoms with E-state index in [9.17, 15) is 9.59 Å². The summed E-state index contributed by atoms with van der Waals surface area (Å²) in [5.41, 5.74) is 1.69. The number of benzene rings is 2. The lowest BCUT2D eigenvalue weighted by molar-refractivity contribution is 0.0968. The average Bonchev–Trinajstić information content (AvgIpc) is 2.88. The molecule has 0 saturated carbocycles. The number of halogens is 2. The number of hydrogen-bond donors (Lipinski definition) is 2. The molecule has 3 rings (SSSR count). The summed E-state index contributed by atoms with van der Waals surface area (Å²) in [6.45, 7) is 0. The van der Waals surface area contributed by atoms with Gasteiger partial charge in [-0.3, -0.25) is 10.1 Å². The summed E-state index contributed by atoms with van der Waals surface area (Å²) in [5.74, 6) is -0.496. The van der Waals surface area contributed by atoms with Crippen molar-refractivity contribution in [3.05, 3.63) is 64.3 Å². The maximum absolute atomic E-state index is 12.4. The van der Waals surface area contributed by atoms with E-state index in [1.165, 1.54) is 6.07 Å². The van der Waals surface area contributed by atoms with E-state index >= 15 is 0 Å². The van der Waals surface area contributed by atoms with Crippen LogP contribution in [0.1, 0.15) is 10.4 Å². The minimum absolute atomic E-state index is 0.311. The fourth-order valence-corrected chi connectivity index (χ4v) is 2.66. The van der Waals surface area contributed by atoms with Gasteiger partial charge in [0.2, 0.25) is 0 Å². The van der Waals surface area contributed by atoms with Crippen LogP contribution in [-0.2, 0) is 7.05 Å². The number of imide groups is 1. The first-order chi connectivity index (χ1) is 11.5. The van der Waals surface area contributed by atoms with Crippen molar-refractivity contribution in [2.75, 3.05) is 5.32 Å². The standard InChI is InChI=1S/C17H12Cl2N3O2/c1-22-9-12(11-4-2-3-5-15(11)22)16(23)21-17(24)20-10-6-7-13(18)14(19)8-10/h2,4-9H,1H3,(H2,20,21,23,24). The Labute approximate surface area is 148 Å². The van der Waals surface area contributed by atoms with Crippen LogP contribution in [0.25, 0.3) is 10.9 Å².